The molecule has 1 heteroatoms. The zero-order valence-corrected chi connectivity index (χ0v) is 8.21. The van der Waals surface area contributed by atoms with Gasteiger partial charge in [-0.1, -0.05) is 26.8 Å². The summed E-state index contributed by atoms with van der Waals surface area (Å²) >= 11 is 0. The van der Waals surface area contributed by atoms with Crippen molar-refractivity contribution >= 4 is 5.78 Å². The second kappa shape index (κ2) is 3.88. The van der Waals surface area contributed by atoms with Crippen LogP contribution in [0.1, 0.15) is 33.6 Å². The van der Waals surface area contributed by atoms with E-state index in [0.29, 0.717) is 17.6 Å². The fraction of sp³-hybridized carbons (Fsp3) is 0.727. The zero-order valence-electron chi connectivity index (χ0n) is 8.21. The topological polar surface area (TPSA) is 17.1 Å². The maximum atomic E-state index is 11.5. The average Bonchev–Trinajstić information content (AvgIpc) is 2.03. The Morgan fingerprint density at radius 3 is 2.67 bits per heavy atom. The van der Waals surface area contributed by atoms with Crippen molar-refractivity contribution in [2.75, 3.05) is 0 Å². The third-order valence-electron chi connectivity index (χ3n) is 2.87. The molecule has 0 N–H and O–H groups in total. The first-order valence-electron chi connectivity index (χ1n) is 4.87. The molecule has 1 aliphatic carbocycles. The first-order valence-corrected chi connectivity index (χ1v) is 4.87. The van der Waals surface area contributed by atoms with Gasteiger partial charge in [0.05, 0.1) is 0 Å². The van der Waals surface area contributed by atoms with Gasteiger partial charge in [-0.3, -0.25) is 4.79 Å². The lowest BCUT2D eigenvalue weighted by atomic mass is 9.74. The van der Waals surface area contributed by atoms with Crippen LogP contribution in [-0.4, -0.2) is 5.78 Å². The Morgan fingerprint density at radius 2 is 2.25 bits per heavy atom. The van der Waals surface area contributed by atoms with E-state index in [2.05, 4.69) is 20.8 Å². The summed E-state index contributed by atoms with van der Waals surface area (Å²) in [4.78, 5) is 11.5. The molecule has 0 aromatic carbocycles. The first kappa shape index (κ1) is 9.50. The lowest BCUT2D eigenvalue weighted by Gasteiger charge is -2.29. The minimum atomic E-state index is 0.287. The zero-order chi connectivity index (χ0) is 9.14. The highest BCUT2D eigenvalue weighted by molar-refractivity contribution is 5.92. The number of ketones is 1. The van der Waals surface area contributed by atoms with Crippen LogP contribution in [0.4, 0.5) is 0 Å². The van der Waals surface area contributed by atoms with Crippen molar-refractivity contribution in [1.82, 2.24) is 0 Å². The molecule has 2 atom stereocenters. The molecule has 1 nitrogen and oxygen atoms in total. The Labute approximate surface area is 74.9 Å². The van der Waals surface area contributed by atoms with Gasteiger partial charge in [-0.25, -0.2) is 0 Å². The van der Waals surface area contributed by atoms with Crippen LogP contribution in [0.5, 0.6) is 0 Å². The van der Waals surface area contributed by atoms with Crippen LogP contribution >= 0.6 is 0 Å². The maximum absolute atomic E-state index is 11.5. The summed E-state index contributed by atoms with van der Waals surface area (Å²) in [5.41, 5.74) is 0. The van der Waals surface area contributed by atoms with E-state index in [0.717, 1.165) is 12.8 Å². The molecule has 1 rings (SSSR count). The molecule has 12 heavy (non-hydrogen) atoms. The van der Waals surface area contributed by atoms with Gasteiger partial charge in [-0.2, -0.15) is 0 Å². The van der Waals surface area contributed by atoms with E-state index in [9.17, 15) is 4.79 Å². The van der Waals surface area contributed by atoms with Crippen molar-refractivity contribution in [2.24, 2.45) is 17.8 Å². The van der Waals surface area contributed by atoms with Crippen LogP contribution < -0.4 is 0 Å². The predicted molar refractivity (Wildman–Crippen MR) is 50.9 cm³/mol. The Hall–Kier alpha value is -0.590. The predicted octanol–water partition coefficient (Wildman–Crippen LogP) is 2.81. The summed E-state index contributed by atoms with van der Waals surface area (Å²) in [6.07, 6.45) is 5.86. The summed E-state index contributed by atoms with van der Waals surface area (Å²) < 4.78 is 0. The SMILES string of the molecule is CCC1C(=O)C=CCC1C(C)C. The fourth-order valence-electron chi connectivity index (χ4n) is 2.08. The third kappa shape index (κ3) is 1.77. The standard InChI is InChI=1S/C11H18O/c1-4-9-10(8(2)3)6-5-7-11(9)12/h5,7-10H,4,6H2,1-3H3. The van der Waals surface area contributed by atoms with Gasteiger partial charge in [0.2, 0.25) is 0 Å². The summed E-state index contributed by atoms with van der Waals surface area (Å²) in [5.74, 6) is 1.83. The lowest BCUT2D eigenvalue weighted by Crippen LogP contribution is -2.28. The summed E-state index contributed by atoms with van der Waals surface area (Å²) in [6.45, 7) is 6.52. The van der Waals surface area contributed by atoms with E-state index in [1.807, 2.05) is 6.08 Å². The Kier molecular flexibility index (Phi) is 3.07. The second-order valence-corrected chi connectivity index (χ2v) is 3.96. The monoisotopic (exact) mass is 166 g/mol. The van der Waals surface area contributed by atoms with E-state index in [-0.39, 0.29) is 5.92 Å². The highest BCUT2D eigenvalue weighted by Crippen LogP contribution is 2.31. The molecule has 0 aromatic rings. The van der Waals surface area contributed by atoms with Crippen molar-refractivity contribution in [1.29, 1.82) is 0 Å². The molecule has 0 spiro atoms. The molecule has 2 unspecified atom stereocenters. The van der Waals surface area contributed by atoms with Crippen molar-refractivity contribution in [2.45, 2.75) is 33.6 Å². The van der Waals surface area contributed by atoms with E-state index < -0.39 is 0 Å². The van der Waals surface area contributed by atoms with Gasteiger partial charge in [0.15, 0.2) is 5.78 Å². The van der Waals surface area contributed by atoms with Crippen molar-refractivity contribution < 1.29 is 4.79 Å². The molecule has 0 saturated heterocycles. The molecule has 0 aromatic heterocycles. The van der Waals surface area contributed by atoms with Gasteiger partial charge in [0.25, 0.3) is 0 Å². The molecular weight excluding hydrogens is 148 g/mol. The maximum Gasteiger partial charge on any atom is 0.158 e. The molecule has 0 saturated carbocycles. The number of hydrogen-bond donors (Lipinski definition) is 0. The minimum Gasteiger partial charge on any atom is -0.295 e. The normalized spacial score (nSPS) is 29.8. The van der Waals surface area contributed by atoms with Crippen LogP contribution in [0.25, 0.3) is 0 Å². The minimum absolute atomic E-state index is 0.287. The quantitative estimate of drug-likeness (QED) is 0.616. The van der Waals surface area contributed by atoms with Gasteiger partial charge in [0, 0.05) is 5.92 Å². The first-order chi connectivity index (χ1) is 5.66. The molecule has 68 valence electrons. The van der Waals surface area contributed by atoms with Crippen LogP contribution in [0.3, 0.4) is 0 Å². The van der Waals surface area contributed by atoms with Crippen LogP contribution in [0, 0.1) is 17.8 Å². The van der Waals surface area contributed by atoms with Crippen LogP contribution in [0.15, 0.2) is 12.2 Å². The van der Waals surface area contributed by atoms with Gasteiger partial charge >= 0.3 is 0 Å². The van der Waals surface area contributed by atoms with E-state index in [4.69, 9.17) is 0 Å². The highest BCUT2D eigenvalue weighted by atomic mass is 16.1. The number of rotatable bonds is 2. The molecule has 0 amide bonds. The number of carbonyl (C=O) groups is 1. The van der Waals surface area contributed by atoms with Crippen LogP contribution in [0.2, 0.25) is 0 Å². The van der Waals surface area contributed by atoms with E-state index >= 15 is 0 Å². The molecule has 0 heterocycles. The van der Waals surface area contributed by atoms with Crippen LogP contribution in [-0.2, 0) is 4.79 Å². The highest BCUT2D eigenvalue weighted by Gasteiger charge is 2.29. The smallest absolute Gasteiger partial charge is 0.158 e. The summed E-state index contributed by atoms with van der Waals surface area (Å²) in [6, 6.07) is 0. The molecule has 0 bridgehead atoms. The van der Waals surface area contributed by atoms with Crippen molar-refractivity contribution in [3.05, 3.63) is 12.2 Å². The van der Waals surface area contributed by atoms with Gasteiger partial charge in [-0.15, -0.1) is 0 Å². The number of allylic oxidation sites excluding steroid dienone is 2. The van der Waals surface area contributed by atoms with Crippen molar-refractivity contribution in [3.8, 4) is 0 Å². The van der Waals surface area contributed by atoms with Gasteiger partial charge in [0.1, 0.15) is 0 Å². The lowest BCUT2D eigenvalue weighted by molar-refractivity contribution is -0.121. The van der Waals surface area contributed by atoms with E-state index in [1.165, 1.54) is 0 Å². The third-order valence-corrected chi connectivity index (χ3v) is 2.87. The molecule has 0 radical (unpaired) electrons. The van der Waals surface area contributed by atoms with Crippen molar-refractivity contribution in [3.63, 3.8) is 0 Å². The largest absolute Gasteiger partial charge is 0.295 e. The molecule has 0 aliphatic heterocycles. The Morgan fingerprint density at radius 1 is 1.58 bits per heavy atom. The second-order valence-electron chi connectivity index (χ2n) is 3.96. The molecular formula is C11H18O. The molecule has 1 aliphatic rings. The average molecular weight is 166 g/mol. The molecule has 0 fully saturated rings. The Balaban J connectivity index is 2.74. The van der Waals surface area contributed by atoms with E-state index in [1.54, 1.807) is 6.08 Å². The summed E-state index contributed by atoms with van der Waals surface area (Å²) in [7, 11) is 0. The number of carbonyl (C=O) groups excluding carboxylic acids is 1. The Bertz CT molecular complexity index is 191. The summed E-state index contributed by atoms with van der Waals surface area (Å²) in [5, 5.41) is 0. The number of hydrogen-bond acceptors (Lipinski definition) is 1. The van der Waals surface area contributed by atoms with Gasteiger partial charge in [-0.05, 0) is 30.8 Å². The van der Waals surface area contributed by atoms with Gasteiger partial charge < -0.3 is 0 Å². The fourth-order valence-corrected chi connectivity index (χ4v) is 2.08.